The van der Waals surface area contributed by atoms with Crippen molar-refractivity contribution < 1.29 is 18.8 Å². The molecule has 0 saturated heterocycles. The van der Waals surface area contributed by atoms with Gasteiger partial charge in [-0.2, -0.15) is 0 Å². The van der Waals surface area contributed by atoms with Gasteiger partial charge in [-0.15, -0.1) is 0 Å². The van der Waals surface area contributed by atoms with Crippen LogP contribution < -0.4 is 10.6 Å². The van der Waals surface area contributed by atoms with E-state index in [1.54, 1.807) is 0 Å². The molecule has 1 atom stereocenters. The minimum Gasteiger partial charge on any atom is -0.387 e. The summed E-state index contributed by atoms with van der Waals surface area (Å²) in [5.41, 5.74) is 1.53. The summed E-state index contributed by atoms with van der Waals surface area (Å²) >= 11 is 0. The maximum Gasteiger partial charge on any atom is 0.273 e. The minimum absolute atomic E-state index is 0.00271. The zero-order valence-electron chi connectivity index (χ0n) is 13.5. The number of carbonyl (C=O) groups is 2. The van der Waals surface area contributed by atoms with Crippen LogP contribution >= 0.6 is 0 Å². The summed E-state index contributed by atoms with van der Waals surface area (Å²) < 4.78 is 13.6. The summed E-state index contributed by atoms with van der Waals surface area (Å²) in [6, 6.07) is 13.4. The molecule has 0 aromatic heterocycles. The van der Waals surface area contributed by atoms with E-state index in [-0.39, 0.29) is 17.5 Å². The van der Waals surface area contributed by atoms with Gasteiger partial charge in [0.25, 0.3) is 5.91 Å². The van der Waals surface area contributed by atoms with Gasteiger partial charge in [-0.25, -0.2) is 4.39 Å². The first-order valence-corrected chi connectivity index (χ1v) is 7.69. The fourth-order valence-corrected chi connectivity index (χ4v) is 2.45. The molecule has 1 aliphatic heterocycles. The molecule has 0 radical (unpaired) electrons. The first kappa shape index (κ1) is 16.6. The highest BCUT2D eigenvalue weighted by Gasteiger charge is 2.27. The predicted molar refractivity (Wildman–Crippen MR) is 91.7 cm³/mol. The van der Waals surface area contributed by atoms with E-state index in [0.29, 0.717) is 12.1 Å². The molecule has 1 heterocycles. The molecule has 0 aliphatic carbocycles. The van der Waals surface area contributed by atoms with Crippen LogP contribution in [0, 0.1) is 5.82 Å². The Morgan fingerprint density at radius 2 is 1.92 bits per heavy atom. The van der Waals surface area contributed by atoms with Crippen LogP contribution in [0.2, 0.25) is 0 Å². The van der Waals surface area contributed by atoms with E-state index in [0.717, 1.165) is 5.56 Å². The lowest BCUT2D eigenvalue weighted by Crippen LogP contribution is -2.22. The molecule has 7 heteroatoms. The fourth-order valence-electron chi connectivity index (χ4n) is 2.45. The van der Waals surface area contributed by atoms with Crippen LogP contribution in [0.3, 0.4) is 0 Å². The first-order valence-electron chi connectivity index (χ1n) is 7.69. The number of hydrogen-bond acceptors (Lipinski definition) is 4. The van der Waals surface area contributed by atoms with Crippen LogP contribution in [-0.2, 0) is 14.4 Å². The Morgan fingerprint density at radius 1 is 1.16 bits per heavy atom. The molecular formula is C18H16FN3O3. The fraction of sp³-hybridized carbons (Fsp3) is 0.167. The highest BCUT2D eigenvalue weighted by molar-refractivity contribution is 6.43. The maximum absolute atomic E-state index is 13.6. The number of halogens is 1. The van der Waals surface area contributed by atoms with Gasteiger partial charge in [0, 0.05) is 19.0 Å². The average Bonchev–Trinajstić information content (AvgIpc) is 3.08. The van der Waals surface area contributed by atoms with Gasteiger partial charge < -0.3 is 15.5 Å². The Morgan fingerprint density at radius 3 is 2.64 bits per heavy atom. The van der Waals surface area contributed by atoms with E-state index in [1.807, 2.05) is 30.3 Å². The monoisotopic (exact) mass is 341 g/mol. The molecule has 128 valence electrons. The van der Waals surface area contributed by atoms with Crippen LogP contribution in [0.25, 0.3) is 0 Å². The summed E-state index contributed by atoms with van der Waals surface area (Å²) in [6.07, 6.45) is 0.0420. The first-order chi connectivity index (χ1) is 12.0. The van der Waals surface area contributed by atoms with Gasteiger partial charge in [-0.1, -0.05) is 35.5 Å². The van der Waals surface area contributed by atoms with E-state index in [4.69, 9.17) is 4.84 Å². The Hall–Kier alpha value is -3.22. The van der Waals surface area contributed by atoms with Crippen molar-refractivity contribution in [3.63, 3.8) is 0 Å². The third-order valence-corrected chi connectivity index (χ3v) is 3.64. The van der Waals surface area contributed by atoms with Crippen LogP contribution in [-0.4, -0.2) is 17.5 Å². The normalized spacial score (nSPS) is 15.9. The molecule has 6 nitrogen and oxygen atoms in total. The quantitative estimate of drug-likeness (QED) is 0.896. The average molecular weight is 341 g/mol. The van der Waals surface area contributed by atoms with Crippen molar-refractivity contribution in [1.82, 2.24) is 0 Å². The number of oxime groups is 1. The Kier molecular flexibility index (Phi) is 4.74. The molecule has 0 saturated carbocycles. The van der Waals surface area contributed by atoms with E-state index >= 15 is 0 Å². The second-order valence-electron chi connectivity index (χ2n) is 5.58. The van der Waals surface area contributed by atoms with Crippen molar-refractivity contribution in [1.29, 1.82) is 0 Å². The van der Waals surface area contributed by atoms with Gasteiger partial charge in [0.05, 0.1) is 5.69 Å². The van der Waals surface area contributed by atoms with E-state index < -0.39 is 17.6 Å². The minimum atomic E-state index is -0.584. The largest absolute Gasteiger partial charge is 0.387 e. The molecule has 2 aromatic carbocycles. The SMILES string of the molecule is CC(=O)Nc1cc(NC(=O)C2=NOC(c3ccccc3)C2)ccc1F. The summed E-state index contributed by atoms with van der Waals surface area (Å²) in [7, 11) is 0. The lowest BCUT2D eigenvalue weighted by molar-refractivity contribution is -0.114. The second-order valence-corrected chi connectivity index (χ2v) is 5.58. The number of anilines is 2. The molecule has 2 N–H and O–H groups in total. The van der Waals surface area contributed by atoms with Crippen LogP contribution in [0.5, 0.6) is 0 Å². The molecule has 3 rings (SSSR count). The van der Waals surface area contributed by atoms with Crippen molar-refractivity contribution in [2.75, 3.05) is 10.6 Å². The van der Waals surface area contributed by atoms with Crippen molar-refractivity contribution in [2.24, 2.45) is 5.16 Å². The molecule has 2 amide bonds. The molecule has 25 heavy (non-hydrogen) atoms. The standard InChI is InChI=1S/C18H16FN3O3/c1-11(23)20-15-9-13(7-8-14(15)19)21-18(24)16-10-17(25-22-16)12-5-3-2-4-6-12/h2-9,17H,10H2,1H3,(H,20,23)(H,21,24). The van der Waals surface area contributed by atoms with Crippen molar-refractivity contribution >= 4 is 28.9 Å². The molecule has 2 aromatic rings. The van der Waals surface area contributed by atoms with Gasteiger partial charge >= 0.3 is 0 Å². The number of nitrogens with zero attached hydrogens (tertiary/aromatic N) is 1. The molecule has 1 aliphatic rings. The van der Waals surface area contributed by atoms with Crippen LogP contribution in [0.15, 0.2) is 53.7 Å². The highest BCUT2D eigenvalue weighted by Crippen LogP contribution is 2.27. The summed E-state index contributed by atoms with van der Waals surface area (Å²) in [6.45, 7) is 1.28. The third kappa shape index (κ3) is 4.00. The molecule has 0 fully saturated rings. The number of nitrogens with one attached hydrogen (secondary N) is 2. The highest BCUT2D eigenvalue weighted by atomic mass is 19.1. The Bertz CT molecular complexity index is 837. The number of amides is 2. The molecule has 1 unspecified atom stereocenters. The summed E-state index contributed by atoms with van der Waals surface area (Å²) in [5, 5.41) is 8.83. The van der Waals surface area contributed by atoms with E-state index in [1.165, 1.54) is 25.1 Å². The van der Waals surface area contributed by atoms with E-state index in [9.17, 15) is 14.0 Å². The van der Waals surface area contributed by atoms with Gasteiger partial charge in [0.2, 0.25) is 5.91 Å². The van der Waals surface area contributed by atoms with Gasteiger partial charge in [-0.3, -0.25) is 9.59 Å². The van der Waals surface area contributed by atoms with Crippen molar-refractivity contribution in [3.8, 4) is 0 Å². The Labute approximate surface area is 143 Å². The van der Waals surface area contributed by atoms with Gasteiger partial charge in [-0.05, 0) is 23.8 Å². The lowest BCUT2D eigenvalue weighted by Gasteiger charge is -2.09. The predicted octanol–water partition coefficient (Wildman–Crippen LogP) is 3.24. The topological polar surface area (TPSA) is 79.8 Å². The molecule has 0 bridgehead atoms. The zero-order valence-corrected chi connectivity index (χ0v) is 13.5. The third-order valence-electron chi connectivity index (χ3n) is 3.64. The number of benzene rings is 2. The van der Waals surface area contributed by atoms with Gasteiger partial charge in [0.15, 0.2) is 6.10 Å². The number of carbonyl (C=O) groups excluding carboxylic acids is 2. The van der Waals surface area contributed by atoms with Crippen LogP contribution in [0.1, 0.15) is 25.0 Å². The molecule has 0 spiro atoms. The van der Waals surface area contributed by atoms with Crippen LogP contribution in [0.4, 0.5) is 15.8 Å². The van der Waals surface area contributed by atoms with Gasteiger partial charge in [0.1, 0.15) is 11.5 Å². The number of hydrogen-bond donors (Lipinski definition) is 2. The van der Waals surface area contributed by atoms with Crippen molar-refractivity contribution in [3.05, 3.63) is 59.9 Å². The zero-order chi connectivity index (χ0) is 17.8. The smallest absolute Gasteiger partial charge is 0.273 e. The summed E-state index contributed by atoms with van der Waals surface area (Å²) in [4.78, 5) is 28.7. The second kappa shape index (κ2) is 7.12. The van der Waals surface area contributed by atoms with Crippen molar-refractivity contribution in [2.45, 2.75) is 19.4 Å². The lowest BCUT2D eigenvalue weighted by atomic mass is 10.0. The maximum atomic E-state index is 13.6. The summed E-state index contributed by atoms with van der Waals surface area (Å²) in [5.74, 6) is -1.42. The molecular weight excluding hydrogens is 325 g/mol. The van der Waals surface area contributed by atoms with E-state index in [2.05, 4.69) is 15.8 Å². The number of rotatable bonds is 4. The Balaban J connectivity index is 1.66.